The summed E-state index contributed by atoms with van der Waals surface area (Å²) in [5.41, 5.74) is 1.18. The lowest BCUT2D eigenvalue weighted by Crippen LogP contribution is -2.41. The van der Waals surface area contributed by atoms with Crippen LogP contribution in [0.4, 0.5) is 5.69 Å². The van der Waals surface area contributed by atoms with Crippen molar-refractivity contribution in [3.8, 4) is 12.1 Å². The molecule has 2 unspecified atom stereocenters. The molecule has 2 bridgehead atoms. The summed E-state index contributed by atoms with van der Waals surface area (Å²) in [5.74, 6) is -1.53. The largest absolute Gasteiger partial charge is 0.367 e. The molecule has 0 saturated carbocycles. The summed E-state index contributed by atoms with van der Waals surface area (Å²) >= 11 is 0. The molecule has 176 valence electrons. The smallest absolute Gasteiger partial charge is 0.240 e. The van der Waals surface area contributed by atoms with Gasteiger partial charge in [0.2, 0.25) is 11.8 Å². The van der Waals surface area contributed by atoms with Crippen LogP contribution in [0.3, 0.4) is 0 Å². The molecule has 6 heteroatoms. The normalized spacial score (nSPS) is 28.6. The molecule has 3 aromatic carbocycles. The summed E-state index contributed by atoms with van der Waals surface area (Å²) in [4.78, 5) is 29.1. The molecule has 6 rings (SSSR count). The molecule has 3 fully saturated rings. The van der Waals surface area contributed by atoms with E-state index >= 15 is 0 Å². The van der Waals surface area contributed by atoms with Crippen LogP contribution in [0.1, 0.15) is 42.9 Å². The van der Waals surface area contributed by atoms with E-state index in [1.165, 1.54) is 4.90 Å². The van der Waals surface area contributed by atoms with Crippen LogP contribution in [0.15, 0.2) is 66.7 Å². The van der Waals surface area contributed by atoms with Crippen molar-refractivity contribution in [2.75, 3.05) is 4.90 Å². The topological polar surface area (TPSA) is 94.2 Å². The number of carbonyl (C=O) groups is 2. The average molecular weight is 474 g/mol. The molecule has 4 atom stereocenters. The first-order valence-electron chi connectivity index (χ1n) is 12.1. The number of fused-ring (bicyclic) bond motifs is 6. The molecular weight excluding hydrogens is 450 g/mol. The Kier molecular flexibility index (Phi) is 4.86. The van der Waals surface area contributed by atoms with E-state index in [2.05, 4.69) is 12.1 Å². The first-order chi connectivity index (χ1) is 17.4. The third-order valence-corrected chi connectivity index (χ3v) is 8.09. The van der Waals surface area contributed by atoms with Gasteiger partial charge >= 0.3 is 0 Å². The van der Waals surface area contributed by atoms with Gasteiger partial charge in [0.05, 0.1) is 52.0 Å². The van der Waals surface area contributed by atoms with Crippen LogP contribution in [0.2, 0.25) is 0 Å². The van der Waals surface area contributed by atoms with E-state index in [0.717, 1.165) is 17.4 Å². The van der Waals surface area contributed by atoms with Crippen molar-refractivity contribution in [1.82, 2.24) is 0 Å². The van der Waals surface area contributed by atoms with Crippen molar-refractivity contribution in [3.05, 3.63) is 83.4 Å². The number of rotatable bonds is 4. The molecule has 3 aliphatic rings. The Hall–Kier alpha value is -4.26. The van der Waals surface area contributed by atoms with Crippen molar-refractivity contribution in [2.45, 2.75) is 37.4 Å². The number of anilines is 1. The molecule has 36 heavy (non-hydrogen) atoms. The maximum atomic E-state index is 13.9. The third-order valence-electron chi connectivity index (χ3n) is 8.09. The molecule has 3 heterocycles. The maximum Gasteiger partial charge on any atom is 0.240 e. The van der Waals surface area contributed by atoms with Crippen LogP contribution in [0.25, 0.3) is 16.8 Å². The summed E-state index contributed by atoms with van der Waals surface area (Å²) < 4.78 is 6.53. The van der Waals surface area contributed by atoms with Crippen molar-refractivity contribution in [3.63, 3.8) is 0 Å². The first-order valence-corrected chi connectivity index (χ1v) is 12.1. The zero-order valence-electron chi connectivity index (χ0n) is 19.8. The van der Waals surface area contributed by atoms with Gasteiger partial charge in [0, 0.05) is 10.8 Å². The number of hydrogen-bond acceptors (Lipinski definition) is 5. The second-order valence-electron chi connectivity index (χ2n) is 10.1. The van der Waals surface area contributed by atoms with E-state index in [4.69, 9.17) is 10.00 Å². The Morgan fingerprint density at radius 3 is 2.39 bits per heavy atom. The average Bonchev–Trinajstić information content (AvgIpc) is 3.48. The lowest BCUT2D eigenvalue weighted by atomic mass is 9.67. The second kappa shape index (κ2) is 7.88. The molecule has 0 N–H and O–H groups in total. The molecule has 3 aliphatic heterocycles. The Morgan fingerprint density at radius 1 is 0.944 bits per heavy atom. The number of carbonyl (C=O) groups excluding carboxylic acids is 2. The van der Waals surface area contributed by atoms with Crippen molar-refractivity contribution in [1.29, 1.82) is 10.5 Å². The molecule has 3 aromatic rings. The van der Waals surface area contributed by atoms with E-state index in [1.807, 2.05) is 55.5 Å². The quantitative estimate of drug-likeness (QED) is 0.491. The Bertz CT molecular complexity index is 1540. The molecule has 6 nitrogen and oxygen atoms in total. The van der Waals surface area contributed by atoms with Crippen molar-refractivity contribution >= 4 is 34.4 Å². The minimum absolute atomic E-state index is 0.222. The van der Waals surface area contributed by atoms with Gasteiger partial charge in [0.1, 0.15) is 0 Å². The Labute approximate surface area is 209 Å². The molecule has 3 saturated heterocycles. The molecule has 0 aromatic heterocycles. The molecule has 2 amide bonds. The molecular formula is C30H23N3O3. The van der Waals surface area contributed by atoms with E-state index in [-0.39, 0.29) is 11.8 Å². The van der Waals surface area contributed by atoms with Gasteiger partial charge in [-0.25, -0.2) is 4.90 Å². The number of ether oxygens (including phenoxy) is 1. The third kappa shape index (κ3) is 3.05. The van der Waals surface area contributed by atoms with E-state index < -0.39 is 23.0 Å². The number of nitriles is 2. The van der Waals surface area contributed by atoms with E-state index in [0.29, 0.717) is 35.0 Å². The van der Waals surface area contributed by atoms with Gasteiger partial charge in [-0.1, -0.05) is 48.6 Å². The van der Waals surface area contributed by atoms with Gasteiger partial charge < -0.3 is 4.74 Å². The number of amides is 2. The van der Waals surface area contributed by atoms with Gasteiger partial charge in [0.25, 0.3) is 0 Å². The highest BCUT2D eigenvalue weighted by Crippen LogP contribution is 2.62. The SMILES string of the molecule is CC12CCC(C/C=C/c3ccc(C#N)cc3)(O1)[C@@H]1C(=O)N(c3ccc(C#N)c4ccccc34)C(=O)[C@@H]12. The Balaban J connectivity index is 1.36. The fourth-order valence-electron chi connectivity index (χ4n) is 6.43. The van der Waals surface area contributed by atoms with Crippen LogP contribution >= 0.6 is 0 Å². The van der Waals surface area contributed by atoms with Crippen LogP contribution in [0.5, 0.6) is 0 Å². The Morgan fingerprint density at radius 2 is 1.67 bits per heavy atom. The predicted octanol–water partition coefficient (Wildman–Crippen LogP) is 5.11. The first kappa shape index (κ1) is 22.2. The number of hydrogen-bond donors (Lipinski definition) is 0. The minimum atomic E-state index is -0.730. The molecule has 0 spiro atoms. The molecule has 0 aliphatic carbocycles. The summed E-state index contributed by atoms with van der Waals surface area (Å²) in [6.07, 6.45) is 5.93. The van der Waals surface area contributed by atoms with Crippen LogP contribution in [-0.2, 0) is 14.3 Å². The number of benzene rings is 3. The number of imide groups is 1. The van der Waals surface area contributed by atoms with Gasteiger partial charge in [-0.15, -0.1) is 0 Å². The fraction of sp³-hybridized carbons (Fsp3) is 0.267. The van der Waals surface area contributed by atoms with E-state index in [9.17, 15) is 14.9 Å². The highest BCUT2D eigenvalue weighted by atomic mass is 16.5. The second-order valence-corrected chi connectivity index (χ2v) is 10.1. The van der Waals surface area contributed by atoms with Crippen molar-refractivity contribution < 1.29 is 14.3 Å². The summed E-state index contributed by atoms with van der Waals surface area (Å²) in [7, 11) is 0. The highest BCUT2D eigenvalue weighted by Gasteiger charge is 2.73. The highest BCUT2D eigenvalue weighted by molar-refractivity contribution is 6.26. The van der Waals surface area contributed by atoms with E-state index in [1.54, 1.807) is 24.3 Å². The van der Waals surface area contributed by atoms with Gasteiger partial charge in [-0.3, -0.25) is 9.59 Å². The minimum Gasteiger partial charge on any atom is -0.367 e. The summed E-state index contributed by atoms with van der Waals surface area (Å²) in [6.45, 7) is 1.95. The predicted molar refractivity (Wildman–Crippen MR) is 134 cm³/mol. The lowest BCUT2D eigenvalue weighted by Gasteiger charge is -2.30. The van der Waals surface area contributed by atoms with Gasteiger partial charge in [-0.2, -0.15) is 10.5 Å². The zero-order valence-corrected chi connectivity index (χ0v) is 19.8. The van der Waals surface area contributed by atoms with Crippen LogP contribution < -0.4 is 4.90 Å². The van der Waals surface area contributed by atoms with Gasteiger partial charge in [-0.05, 0) is 56.0 Å². The number of nitrogens with zero attached hydrogens (tertiary/aromatic N) is 3. The summed E-state index contributed by atoms with van der Waals surface area (Å²) in [5, 5.41) is 20.0. The zero-order chi connectivity index (χ0) is 25.1. The van der Waals surface area contributed by atoms with Crippen LogP contribution in [-0.4, -0.2) is 23.0 Å². The fourth-order valence-corrected chi connectivity index (χ4v) is 6.43. The van der Waals surface area contributed by atoms with Crippen LogP contribution in [0, 0.1) is 34.5 Å². The maximum absolute atomic E-state index is 13.9. The van der Waals surface area contributed by atoms with Gasteiger partial charge in [0.15, 0.2) is 0 Å². The summed E-state index contributed by atoms with van der Waals surface area (Å²) in [6, 6.07) is 22.4. The standard InChI is InChI=1S/C30H23N3O3/c1-29-15-16-30(36-29,14-4-5-19-8-10-20(17-31)11-9-19)26-25(29)27(34)33(28(26)35)24-13-12-21(18-32)22-6-2-3-7-23(22)24/h2-13,25-26H,14-16H2,1H3/b5-4+/t25-,26+,29?,30?/m1/s1. The monoisotopic (exact) mass is 473 g/mol. The lowest BCUT2D eigenvalue weighted by molar-refractivity contribution is -0.130. The van der Waals surface area contributed by atoms with Crippen molar-refractivity contribution in [2.24, 2.45) is 11.8 Å². The molecule has 0 radical (unpaired) electrons.